The van der Waals surface area contributed by atoms with Gasteiger partial charge in [-0.25, -0.2) is 4.98 Å². The third-order valence-electron chi connectivity index (χ3n) is 3.84. The van der Waals surface area contributed by atoms with Crippen LogP contribution in [0.15, 0.2) is 35.8 Å². The summed E-state index contributed by atoms with van der Waals surface area (Å²) in [4.78, 5) is 20.8. The van der Waals surface area contributed by atoms with Crippen molar-refractivity contribution < 1.29 is 4.79 Å². The molecule has 0 radical (unpaired) electrons. The standard InChI is InChI=1S/C16H18ClN3OS/c17-14-3-1-2-13(12-14)4-5-15(21)19-7-9-20(10-8-19)16-18-6-11-22-16/h1-3,6,11-12H,4-5,7-10H2. The average molecular weight is 336 g/mol. The number of carbonyl (C=O) groups is 1. The zero-order valence-corrected chi connectivity index (χ0v) is 13.8. The molecule has 0 N–H and O–H groups in total. The number of carbonyl (C=O) groups excluding carboxylic acids is 1. The monoisotopic (exact) mass is 335 g/mol. The highest BCUT2D eigenvalue weighted by molar-refractivity contribution is 7.13. The molecule has 1 fully saturated rings. The lowest BCUT2D eigenvalue weighted by Crippen LogP contribution is -2.48. The maximum Gasteiger partial charge on any atom is 0.223 e. The summed E-state index contributed by atoms with van der Waals surface area (Å²) in [7, 11) is 0. The first kappa shape index (κ1) is 15.3. The van der Waals surface area contributed by atoms with Crippen LogP contribution in [0.25, 0.3) is 0 Å². The molecule has 1 aromatic carbocycles. The molecule has 1 amide bonds. The van der Waals surface area contributed by atoms with E-state index in [1.165, 1.54) is 0 Å². The highest BCUT2D eigenvalue weighted by atomic mass is 35.5. The molecule has 2 heterocycles. The van der Waals surface area contributed by atoms with Crippen molar-refractivity contribution in [1.29, 1.82) is 0 Å². The Morgan fingerprint density at radius 3 is 2.77 bits per heavy atom. The first-order valence-corrected chi connectivity index (χ1v) is 8.65. The molecule has 0 atom stereocenters. The van der Waals surface area contributed by atoms with Gasteiger partial charge >= 0.3 is 0 Å². The number of piperazine rings is 1. The third kappa shape index (κ3) is 3.78. The van der Waals surface area contributed by atoms with Crippen LogP contribution < -0.4 is 4.90 Å². The van der Waals surface area contributed by atoms with Crippen LogP contribution in [0.1, 0.15) is 12.0 Å². The molecule has 2 aromatic rings. The van der Waals surface area contributed by atoms with Crippen molar-refractivity contribution in [3.63, 3.8) is 0 Å². The number of nitrogens with zero attached hydrogens (tertiary/aromatic N) is 3. The number of aromatic nitrogens is 1. The average Bonchev–Trinajstić information content (AvgIpc) is 3.07. The van der Waals surface area contributed by atoms with Gasteiger partial charge in [0.25, 0.3) is 0 Å². The van der Waals surface area contributed by atoms with E-state index < -0.39 is 0 Å². The molecule has 0 bridgehead atoms. The number of thiazole rings is 1. The van der Waals surface area contributed by atoms with Crippen LogP contribution in [0.4, 0.5) is 5.13 Å². The van der Waals surface area contributed by atoms with Gasteiger partial charge in [0.15, 0.2) is 5.13 Å². The lowest BCUT2D eigenvalue weighted by Gasteiger charge is -2.34. The predicted molar refractivity (Wildman–Crippen MR) is 90.7 cm³/mol. The number of hydrogen-bond acceptors (Lipinski definition) is 4. The number of halogens is 1. The quantitative estimate of drug-likeness (QED) is 0.861. The van der Waals surface area contributed by atoms with Crippen LogP contribution in [0.5, 0.6) is 0 Å². The zero-order valence-electron chi connectivity index (χ0n) is 12.2. The van der Waals surface area contributed by atoms with Crippen LogP contribution >= 0.6 is 22.9 Å². The van der Waals surface area contributed by atoms with E-state index in [2.05, 4.69) is 9.88 Å². The molecule has 22 heavy (non-hydrogen) atoms. The van der Waals surface area contributed by atoms with E-state index in [0.717, 1.165) is 48.3 Å². The van der Waals surface area contributed by atoms with Crippen molar-refractivity contribution in [3.05, 3.63) is 46.4 Å². The van der Waals surface area contributed by atoms with E-state index in [9.17, 15) is 4.79 Å². The first-order chi connectivity index (χ1) is 10.7. The summed E-state index contributed by atoms with van der Waals surface area (Å²) in [5.41, 5.74) is 1.11. The van der Waals surface area contributed by atoms with Gasteiger partial charge in [-0.05, 0) is 24.1 Å². The van der Waals surface area contributed by atoms with E-state index in [1.54, 1.807) is 11.3 Å². The molecular weight excluding hydrogens is 318 g/mol. The number of rotatable bonds is 4. The second-order valence-corrected chi connectivity index (χ2v) is 6.62. The predicted octanol–water partition coefficient (Wildman–Crippen LogP) is 3.08. The van der Waals surface area contributed by atoms with Crippen LogP contribution in [-0.2, 0) is 11.2 Å². The van der Waals surface area contributed by atoms with Gasteiger partial charge in [-0.3, -0.25) is 4.79 Å². The molecule has 3 rings (SSSR count). The fraction of sp³-hybridized carbons (Fsp3) is 0.375. The SMILES string of the molecule is O=C(CCc1cccc(Cl)c1)N1CCN(c2nccs2)CC1. The Balaban J connectivity index is 1.48. The van der Waals surface area contributed by atoms with Crippen molar-refractivity contribution in [2.75, 3.05) is 31.1 Å². The van der Waals surface area contributed by atoms with Crippen LogP contribution in [0, 0.1) is 0 Å². The van der Waals surface area contributed by atoms with Gasteiger partial charge in [-0.1, -0.05) is 23.7 Å². The van der Waals surface area contributed by atoms with Crippen molar-refractivity contribution in [3.8, 4) is 0 Å². The Morgan fingerprint density at radius 2 is 2.09 bits per heavy atom. The highest BCUT2D eigenvalue weighted by Gasteiger charge is 2.21. The summed E-state index contributed by atoms with van der Waals surface area (Å²) in [6.45, 7) is 3.26. The van der Waals surface area contributed by atoms with Gasteiger partial charge in [0.05, 0.1) is 0 Å². The maximum atomic E-state index is 12.3. The summed E-state index contributed by atoms with van der Waals surface area (Å²) in [6.07, 6.45) is 3.10. The number of amides is 1. The van der Waals surface area contributed by atoms with Gasteiger partial charge in [-0.2, -0.15) is 0 Å². The van der Waals surface area contributed by atoms with Crippen molar-refractivity contribution in [2.24, 2.45) is 0 Å². The minimum Gasteiger partial charge on any atom is -0.345 e. The minimum atomic E-state index is 0.221. The normalized spacial score (nSPS) is 15.1. The molecule has 0 aliphatic carbocycles. The summed E-state index contributed by atoms with van der Waals surface area (Å²) < 4.78 is 0. The van der Waals surface area contributed by atoms with Crippen molar-refractivity contribution in [2.45, 2.75) is 12.8 Å². The molecule has 4 nitrogen and oxygen atoms in total. The number of anilines is 1. The molecule has 0 saturated carbocycles. The second kappa shape index (κ2) is 7.11. The van der Waals surface area contributed by atoms with Crippen LogP contribution in [-0.4, -0.2) is 42.0 Å². The Hall–Kier alpha value is -1.59. The fourth-order valence-electron chi connectivity index (χ4n) is 2.62. The summed E-state index contributed by atoms with van der Waals surface area (Å²) >= 11 is 7.61. The van der Waals surface area contributed by atoms with E-state index in [0.29, 0.717) is 6.42 Å². The van der Waals surface area contributed by atoms with E-state index in [4.69, 9.17) is 11.6 Å². The second-order valence-electron chi connectivity index (χ2n) is 5.31. The minimum absolute atomic E-state index is 0.221. The van der Waals surface area contributed by atoms with E-state index in [-0.39, 0.29) is 5.91 Å². The van der Waals surface area contributed by atoms with E-state index >= 15 is 0 Å². The summed E-state index contributed by atoms with van der Waals surface area (Å²) in [6, 6.07) is 7.72. The molecule has 116 valence electrons. The maximum absolute atomic E-state index is 12.3. The largest absolute Gasteiger partial charge is 0.345 e. The molecule has 1 aromatic heterocycles. The summed E-state index contributed by atoms with van der Waals surface area (Å²) in [5, 5.41) is 3.76. The number of benzene rings is 1. The molecule has 0 spiro atoms. The number of hydrogen-bond donors (Lipinski definition) is 0. The Morgan fingerprint density at radius 1 is 1.27 bits per heavy atom. The number of aryl methyl sites for hydroxylation is 1. The molecule has 1 saturated heterocycles. The molecular formula is C16H18ClN3OS. The molecule has 1 aliphatic heterocycles. The van der Waals surface area contributed by atoms with Gasteiger partial charge in [0.2, 0.25) is 5.91 Å². The zero-order chi connectivity index (χ0) is 15.4. The smallest absolute Gasteiger partial charge is 0.223 e. The Bertz CT molecular complexity index is 624. The van der Waals surface area contributed by atoms with Gasteiger partial charge in [0.1, 0.15) is 0 Å². The Labute approximate surface area is 139 Å². The topological polar surface area (TPSA) is 36.4 Å². The van der Waals surface area contributed by atoms with Gasteiger partial charge in [0, 0.05) is 49.2 Å². The lowest BCUT2D eigenvalue weighted by molar-refractivity contribution is -0.131. The van der Waals surface area contributed by atoms with Crippen LogP contribution in [0.3, 0.4) is 0 Å². The fourth-order valence-corrected chi connectivity index (χ4v) is 3.53. The molecule has 1 aliphatic rings. The molecule has 6 heteroatoms. The van der Waals surface area contributed by atoms with Crippen LogP contribution in [0.2, 0.25) is 5.02 Å². The van der Waals surface area contributed by atoms with Gasteiger partial charge < -0.3 is 9.80 Å². The van der Waals surface area contributed by atoms with Crippen molar-refractivity contribution in [1.82, 2.24) is 9.88 Å². The first-order valence-electron chi connectivity index (χ1n) is 7.39. The third-order valence-corrected chi connectivity index (χ3v) is 4.91. The highest BCUT2D eigenvalue weighted by Crippen LogP contribution is 2.19. The summed E-state index contributed by atoms with van der Waals surface area (Å²) in [5.74, 6) is 0.221. The Kier molecular flexibility index (Phi) is 4.95. The molecule has 0 unspecified atom stereocenters. The van der Waals surface area contributed by atoms with Crippen molar-refractivity contribution >= 4 is 34.0 Å². The van der Waals surface area contributed by atoms with E-state index in [1.807, 2.05) is 40.7 Å². The van der Waals surface area contributed by atoms with Gasteiger partial charge in [-0.15, -0.1) is 11.3 Å². The lowest BCUT2D eigenvalue weighted by atomic mass is 10.1.